The topological polar surface area (TPSA) is 86.8 Å². The lowest BCUT2D eigenvalue weighted by atomic mass is 10.0. The van der Waals surface area contributed by atoms with E-state index in [4.69, 9.17) is 0 Å². The summed E-state index contributed by atoms with van der Waals surface area (Å²) in [4.78, 5) is 29.2. The van der Waals surface area contributed by atoms with E-state index in [0.29, 0.717) is 25.1 Å². The van der Waals surface area contributed by atoms with E-state index in [1.54, 1.807) is 11.0 Å². The summed E-state index contributed by atoms with van der Waals surface area (Å²) in [5.74, 6) is -0.146. The molecule has 0 saturated heterocycles. The number of carbonyl (C=O) groups excluding carboxylic acids is 2. The first-order valence-electron chi connectivity index (χ1n) is 14.3. The standard InChI is InChI=1S/C33H42BrN3O4S/c1-24(2)22-35-33(39)31(21-27-10-7-6-8-11-27)36(23-28-14-16-29(34)17-15-28)32(38)12-9-19-37(42(5,40)41)30-18-13-25(3)26(4)20-30/h6-8,10-11,13-18,20,24,31H,9,12,19,21-23H2,1-5H3,(H,35,39)/t31-/m0/s1. The van der Waals surface area contributed by atoms with Gasteiger partial charge in [0.15, 0.2) is 0 Å². The Hall–Kier alpha value is -3.17. The third-order valence-corrected chi connectivity index (χ3v) is 8.88. The Bertz CT molecular complexity index is 1440. The van der Waals surface area contributed by atoms with E-state index < -0.39 is 16.1 Å². The number of aryl methyl sites for hydroxylation is 2. The predicted molar refractivity (Wildman–Crippen MR) is 174 cm³/mol. The normalized spacial score (nSPS) is 12.2. The molecule has 0 aliphatic rings. The van der Waals surface area contributed by atoms with Crippen molar-refractivity contribution >= 4 is 43.5 Å². The van der Waals surface area contributed by atoms with Crippen molar-refractivity contribution in [1.82, 2.24) is 10.2 Å². The van der Waals surface area contributed by atoms with Crippen LogP contribution in [0.15, 0.2) is 77.3 Å². The van der Waals surface area contributed by atoms with Gasteiger partial charge in [-0.2, -0.15) is 0 Å². The van der Waals surface area contributed by atoms with Gasteiger partial charge in [-0.3, -0.25) is 13.9 Å². The van der Waals surface area contributed by atoms with E-state index in [1.807, 2.05) is 94.4 Å². The summed E-state index contributed by atoms with van der Waals surface area (Å²) >= 11 is 3.46. The summed E-state index contributed by atoms with van der Waals surface area (Å²) < 4.78 is 27.7. The second-order valence-corrected chi connectivity index (χ2v) is 14.0. The fraction of sp³-hybridized carbons (Fsp3) is 0.394. The SMILES string of the molecule is Cc1ccc(N(CCCC(=O)N(Cc2ccc(Br)cc2)[C@@H](Cc2ccccc2)C(=O)NCC(C)C)S(C)(=O)=O)cc1C. The molecular formula is C33H42BrN3O4S. The largest absolute Gasteiger partial charge is 0.354 e. The van der Waals surface area contributed by atoms with E-state index in [2.05, 4.69) is 21.2 Å². The number of carbonyl (C=O) groups is 2. The lowest BCUT2D eigenvalue weighted by Crippen LogP contribution is -2.51. The Balaban J connectivity index is 1.88. The number of anilines is 1. The number of amides is 2. The molecule has 0 bridgehead atoms. The van der Waals surface area contributed by atoms with Crippen LogP contribution in [0.4, 0.5) is 5.69 Å². The Kier molecular flexibility index (Phi) is 12.2. The zero-order valence-corrected chi connectivity index (χ0v) is 27.5. The first-order chi connectivity index (χ1) is 19.8. The molecule has 0 aliphatic heterocycles. The van der Waals surface area contributed by atoms with Crippen LogP contribution in [-0.4, -0.2) is 50.5 Å². The van der Waals surface area contributed by atoms with Crippen LogP contribution in [0.2, 0.25) is 0 Å². The molecule has 1 atom stereocenters. The van der Waals surface area contributed by atoms with Gasteiger partial charge in [0, 0.05) is 36.9 Å². The number of rotatable bonds is 14. The highest BCUT2D eigenvalue weighted by Gasteiger charge is 2.30. The molecule has 0 radical (unpaired) electrons. The minimum Gasteiger partial charge on any atom is -0.354 e. The van der Waals surface area contributed by atoms with Gasteiger partial charge in [0.25, 0.3) is 0 Å². The molecular weight excluding hydrogens is 614 g/mol. The lowest BCUT2D eigenvalue weighted by molar-refractivity contribution is -0.141. The number of hydrogen-bond acceptors (Lipinski definition) is 4. The van der Waals surface area contributed by atoms with Crippen LogP contribution in [-0.2, 0) is 32.6 Å². The summed E-state index contributed by atoms with van der Waals surface area (Å²) in [5.41, 5.74) is 4.50. The number of nitrogens with one attached hydrogen (secondary N) is 1. The van der Waals surface area contributed by atoms with Crippen LogP contribution in [0.25, 0.3) is 0 Å². The number of sulfonamides is 1. The summed E-state index contributed by atoms with van der Waals surface area (Å²) in [6.45, 7) is 8.89. The van der Waals surface area contributed by atoms with E-state index in [-0.39, 0.29) is 37.2 Å². The van der Waals surface area contributed by atoms with Gasteiger partial charge in [0.05, 0.1) is 11.9 Å². The molecule has 0 aromatic heterocycles. The van der Waals surface area contributed by atoms with Crippen molar-refractivity contribution in [2.75, 3.05) is 23.7 Å². The Morgan fingerprint density at radius 3 is 2.17 bits per heavy atom. The van der Waals surface area contributed by atoms with Gasteiger partial charge in [-0.25, -0.2) is 8.42 Å². The number of halogens is 1. The van der Waals surface area contributed by atoms with Crippen molar-refractivity contribution in [3.63, 3.8) is 0 Å². The van der Waals surface area contributed by atoms with Crippen LogP contribution in [0.3, 0.4) is 0 Å². The van der Waals surface area contributed by atoms with E-state index in [0.717, 1.165) is 26.7 Å². The highest BCUT2D eigenvalue weighted by atomic mass is 79.9. The number of hydrogen-bond donors (Lipinski definition) is 1. The molecule has 0 unspecified atom stereocenters. The lowest BCUT2D eigenvalue weighted by Gasteiger charge is -2.32. The molecule has 226 valence electrons. The van der Waals surface area contributed by atoms with Gasteiger partial charge in [0.1, 0.15) is 6.04 Å². The summed E-state index contributed by atoms with van der Waals surface area (Å²) in [7, 11) is -3.56. The second-order valence-electron chi connectivity index (χ2n) is 11.2. The van der Waals surface area contributed by atoms with E-state index in [9.17, 15) is 18.0 Å². The zero-order chi connectivity index (χ0) is 30.9. The molecule has 42 heavy (non-hydrogen) atoms. The molecule has 2 amide bonds. The maximum Gasteiger partial charge on any atom is 0.243 e. The van der Waals surface area contributed by atoms with Crippen LogP contribution in [0.1, 0.15) is 48.9 Å². The Morgan fingerprint density at radius 1 is 0.905 bits per heavy atom. The summed E-state index contributed by atoms with van der Waals surface area (Å²) in [6.07, 6.45) is 1.95. The molecule has 0 spiro atoms. The fourth-order valence-electron chi connectivity index (χ4n) is 4.65. The molecule has 9 heteroatoms. The maximum absolute atomic E-state index is 13.9. The molecule has 7 nitrogen and oxygen atoms in total. The van der Waals surface area contributed by atoms with Gasteiger partial charge in [-0.1, -0.05) is 78.3 Å². The van der Waals surface area contributed by atoms with Gasteiger partial charge in [0.2, 0.25) is 21.8 Å². The fourth-order valence-corrected chi connectivity index (χ4v) is 5.87. The molecule has 3 aromatic carbocycles. The number of nitrogens with zero attached hydrogens (tertiary/aromatic N) is 2. The van der Waals surface area contributed by atoms with Crippen molar-refractivity contribution < 1.29 is 18.0 Å². The second kappa shape index (κ2) is 15.3. The molecule has 0 aliphatic carbocycles. The Morgan fingerprint density at radius 2 is 1.57 bits per heavy atom. The first-order valence-corrected chi connectivity index (χ1v) is 16.9. The van der Waals surface area contributed by atoms with Crippen molar-refractivity contribution in [3.8, 4) is 0 Å². The summed E-state index contributed by atoms with van der Waals surface area (Å²) in [5, 5.41) is 3.03. The molecule has 3 aromatic rings. The molecule has 1 N–H and O–H groups in total. The van der Waals surface area contributed by atoms with Crippen molar-refractivity contribution in [3.05, 3.63) is 99.5 Å². The predicted octanol–water partition coefficient (Wildman–Crippen LogP) is 6.02. The average molecular weight is 657 g/mol. The van der Waals surface area contributed by atoms with Crippen LogP contribution < -0.4 is 9.62 Å². The van der Waals surface area contributed by atoms with Gasteiger partial charge in [-0.15, -0.1) is 0 Å². The van der Waals surface area contributed by atoms with Gasteiger partial charge in [-0.05, 0) is 72.7 Å². The molecule has 3 rings (SSSR count). The zero-order valence-electron chi connectivity index (χ0n) is 25.1. The molecule has 0 heterocycles. The summed E-state index contributed by atoms with van der Waals surface area (Å²) in [6, 6.07) is 22.2. The average Bonchev–Trinajstić information content (AvgIpc) is 2.94. The van der Waals surface area contributed by atoms with Crippen LogP contribution in [0, 0.1) is 19.8 Å². The van der Waals surface area contributed by atoms with Crippen molar-refractivity contribution in [2.24, 2.45) is 5.92 Å². The highest BCUT2D eigenvalue weighted by molar-refractivity contribution is 9.10. The van der Waals surface area contributed by atoms with Crippen LogP contribution in [0.5, 0.6) is 0 Å². The van der Waals surface area contributed by atoms with E-state index >= 15 is 0 Å². The smallest absolute Gasteiger partial charge is 0.243 e. The minimum absolute atomic E-state index is 0.0934. The number of benzene rings is 3. The molecule has 0 fully saturated rings. The molecule has 0 saturated carbocycles. The minimum atomic E-state index is -3.56. The third-order valence-electron chi connectivity index (χ3n) is 7.15. The quantitative estimate of drug-likeness (QED) is 0.230. The maximum atomic E-state index is 13.9. The van der Waals surface area contributed by atoms with Gasteiger partial charge >= 0.3 is 0 Å². The Labute approximate surface area is 259 Å². The van der Waals surface area contributed by atoms with Crippen molar-refractivity contribution in [1.29, 1.82) is 0 Å². The van der Waals surface area contributed by atoms with Crippen molar-refractivity contribution in [2.45, 2.75) is 59.5 Å². The third kappa shape index (κ3) is 9.98. The first kappa shape index (κ1) is 33.3. The van der Waals surface area contributed by atoms with Gasteiger partial charge < -0.3 is 10.2 Å². The van der Waals surface area contributed by atoms with E-state index in [1.165, 1.54) is 10.6 Å². The highest BCUT2D eigenvalue weighted by Crippen LogP contribution is 2.23. The monoisotopic (exact) mass is 655 g/mol. The van der Waals surface area contributed by atoms with Crippen LogP contribution >= 0.6 is 15.9 Å².